The molecule has 5 heteroatoms. The van der Waals surface area contributed by atoms with Gasteiger partial charge in [0.1, 0.15) is 5.58 Å². The number of hydrogen-bond donors (Lipinski definition) is 2. The van der Waals surface area contributed by atoms with Crippen molar-refractivity contribution >= 4 is 16.9 Å². The zero-order chi connectivity index (χ0) is 14.9. The Balaban J connectivity index is 1.77. The van der Waals surface area contributed by atoms with Gasteiger partial charge in [0, 0.05) is 19.2 Å². The van der Waals surface area contributed by atoms with Crippen molar-refractivity contribution < 1.29 is 14.3 Å². The van der Waals surface area contributed by atoms with E-state index in [2.05, 4.69) is 5.32 Å². The molecule has 21 heavy (non-hydrogen) atoms. The summed E-state index contributed by atoms with van der Waals surface area (Å²) in [6.07, 6.45) is 2.71. The van der Waals surface area contributed by atoms with Crippen LogP contribution in [0.5, 0.6) is 0 Å². The van der Waals surface area contributed by atoms with Crippen LogP contribution in [0.3, 0.4) is 0 Å². The van der Waals surface area contributed by atoms with Gasteiger partial charge in [-0.3, -0.25) is 9.59 Å². The number of aliphatic hydroxyl groups excluding tert-OH is 1. The van der Waals surface area contributed by atoms with Gasteiger partial charge in [-0.2, -0.15) is 0 Å². The van der Waals surface area contributed by atoms with E-state index in [0.717, 1.165) is 12.8 Å². The molecule has 0 spiro atoms. The van der Waals surface area contributed by atoms with Crippen LogP contribution in [0.2, 0.25) is 0 Å². The van der Waals surface area contributed by atoms with E-state index >= 15 is 0 Å². The lowest BCUT2D eigenvalue weighted by Crippen LogP contribution is -2.31. The summed E-state index contributed by atoms with van der Waals surface area (Å²) in [5.41, 5.74) is 0.215. The van der Waals surface area contributed by atoms with Crippen molar-refractivity contribution in [3.05, 3.63) is 46.3 Å². The highest BCUT2D eigenvalue weighted by atomic mass is 16.3. The van der Waals surface area contributed by atoms with Crippen LogP contribution in [-0.2, 0) is 0 Å². The fraction of sp³-hybridized carbons (Fsp3) is 0.375. The van der Waals surface area contributed by atoms with E-state index in [9.17, 15) is 9.59 Å². The second-order valence-corrected chi connectivity index (χ2v) is 5.63. The quantitative estimate of drug-likeness (QED) is 0.877. The van der Waals surface area contributed by atoms with Gasteiger partial charge in [-0.15, -0.1) is 0 Å². The van der Waals surface area contributed by atoms with Gasteiger partial charge in [0.25, 0.3) is 5.91 Å². The van der Waals surface area contributed by atoms with E-state index in [-0.39, 0.29) is 29.1 Å². The first-order valence-corrected chi connectivity index (χ1v) is 7.06. The van der Waals surface area contributed by atoms with Crippen LogP contribution in [0, 0.1) is 5.41 Å². The molecular weight excluding hydrogens is 270 g/mol. The molecule has 1 fully saturated rings. The molecule has 0 saturated heterocycles. The van der Waals surface area contributed by atoms with E-state index in [1.54, 1.807) is 24.3 Å². The topological polar surface area (TPSA) is 79.5 Å². The molecule has 1 aromatic heterocycles. The number of para-hydroxylation sites is 1. The van der Waals surface area contributed by atoms with E-state index < -0.39 is 0 Å². The third-order valence-electron chi connectivity index (χ3n) is 4.08. The number of nitrogens with one attached hydrogen (secondary N) is 1. The Morgan fingerprint density at radius 1 is 1.33 bits per heavy atom. The molecule has 3 rings (SSSR count). The molecular formula is C16H17NO4. The summed E-state index contributed by atoms with van der Waals surface area (Å²) in [6.45, 7) is 0.629. The molecule has 0 bridgehead atoms. The predicted molar refractivity (Wildman–Crippen MR) is 78.2 cm³/mol. The fourth-order valence-electron chi connectivity index (χ4n) is 2.50. The summed E-state index contributed by atoms with van der Waals surface area (Å²) in [6, 6.07) is 8.08. The van der Waals surface area contributed by atoms with Gasteiger partial charge >= 0.3 is 0 Å². The minimum absolute atomic E-state index is 0.0264. The lowest BCUT2D eigenvalue weighted by Gasteiger charge is -2.14. The maximum atomic E-state index is 12.1. The van der Waals surface area contributed by atoms with Gasteiger partial charge in [-0.25, -0.2) is 0 Å². The van der Waals surface area contributed by atoms with Crippen molar-refractivity contribution in [2.45, 2.75) is 19.3 Å². The zero-order valence-electron chi connectivity index (χ0n) is 11.6. The summed E-state index contributed by atoms with van der Waals surface area (Å²) in [5.74, 6) is -0.361. The number of carbonyl (C=O) groups excluding carboxylic acids is 1. The van der Waals surface area contributed by atoms with Crippen molar-refractivity contribution in [2.75, 3.05) is 13.2 Å². The Morgan fingerprint density at radius 2 is 2.10 bits per heavy atom. The Bertz CT molecular complexity index is 730. The summed E-state index contributed by atoms with van der Waals surface area (Å²) in [5, 5.41) is 12.3. The van der Waals surface area contributed by atoms with Gasteiger partial charge in [0.05, 0.1) is 5.39 Å². The molecule has 2 N–H and O–H groups in total. The Morgan fingerprint density at radius 3 is 2.81 bits per heavy atom. The highest BCUT2D eigenvalue weighted by Gasteiger charge is 2.42. The van der Waals surface area contributed by atoms with Crippen LogP contribution in [-0.4, -0.2) is 24.2 Å². The first kappa shape index (κ1) is 13.8. The minimum atomic E-state index is -0.387. The van der Waals surface area contributed by atoms with Crippen LogP contribution >= 0.6 is 0 Å². The van der Waals surface area contributed by atoms with E-state index in [1.165, 1.54) is 6.07 Å². The van der Waals surface area contributed by atoms with Crippen LogP contribution < -0.4 is 10.7 Å². The Labute approximate surface area is 121 Å². The zero-order valence-corrected chi connectivity index (χ0v) is 11.6. The predicted octanol–water partition coefficient (Wildman–Crippen LogP) is 1.69. The average Bonchev–Trinajstić information content (AvgIpc) is 3.25. The molecule has 1 aromatic carbocycles. The maximum Gasteiger partial charge on any atom is 0.287 e. The van der Waals surface area contributed by atoms with Gasteiger partial charge < -0.3 is 14.8 Å². The molecule has 110 valence electrons. The average molecular weight is 287 g/mol. The summed E-state index contributed by atoms with van der Waals surface area (Å²) in [7, 11) is 0. The lowest BCUT2D eigenvalue weighted by atomic mass is 10.0. The van der Waals surface area contributed by atoms with Gasteiger partial charge in [-0.05, 0) is 36.8 Å². The number of fused-ring (bicyclic) bond motifs is 1. The molecule has 1 aliphatic carbocycles. The van der Waals surface area contributed by atoms with Crippen LogP contribution in [0.15, 0.2) is 39.5 Å². The molecule has 1 heterocycles. The highest BCUT2D eigenvalue weighted by molar-refractivity contribution is 5.93. The highest BCUT2D eigenvalue weighted by Crippen LogP contribution is 2.47. The maximum absolute atomic E-state index is 12.1. The summed E-state index contributed by atoms with van der Waals surface area (Å²) in [4.78, 5) is 24.1. The van der Waals surface area contributed by atoms with Gasteiger partial charge in [0.2, 0.25) is 0 Å². The number of carbonyl (C=O) groups is 1. The summed E-state index contributed by atoms with van der Waals surface area (Å²) >= 11 is 0. The Hall–Kier alpha value is -2.14. The second kappa shape index (κ2) is 5.33. The molecule has 1 aliphatic rings. The fourth-order valence-corrected chi connectivity index (χ4v) is 2.50. The number of aliphatic hydroxyl groups is 1. The van der Waals surface area contributed by atoms with E-state index in [4.69, 9.17) is 9.52 Å². The lowest BCUT2D eigenvalue weighted by molar-refractivity contribution is 0.0913. The first-order valence-electron chi connectivity index (χ1n) is 7.06. The number of hydrogen-bond acceptors (Lipinski definition) is 4. The monoisotopic (exact) mass is 287 g/mol. The van der Waals surface area contributed by atoms with Gasteiger partial charge in [0.15, 0.2) is 11.2 Å². The van der Waals surface area contributed by atoms with Crippen molar-refractivity contribution in [1.82, 2.24) is 5.32 Å². The second-order valence-electron chi connectivity index (χ2n) is 5.63. The van der Waals surface area contributed by atoms with Crippen LogP contribution in [0.25, 0.3) is 11.0 Å². The molecule has 1 amide bonds. The largest absolute Gasteiger partial charge is 0.451 e. The SMILES string of the molecule is O=C(NCC1(CCO)CC1)c1cc(=O)c2ccccc2o1. The Kier molecular flexibility index (Phi) is 3.51. The van der Waals surface area contributed by atoms with Crippen molar-refractivity contribution in [3.8, 4) is 0 Å². The molecule has 0 aliphatic heterocycles. The van der Waals surface area contributed by atoms with Crippen LogP contribution in [0.1, 0.15) is 29.8 Å². The summed E-state index contributed by atoms with van der Waals surface area (Å²) < 4.78 is 5.49. The van der Waals surface area contributed by atoms with Crippen LogP contribution in [0.4, 0.5) is 0 Å². The minimum Gasteiger partial charge on any atom is -0.451 e. The number of benzene rings is 1. The normalized spacial score (nSPS) is 15.9. The smallest absolute Gasteiger partial charge is 0.287 e. The molecule has 0 radical (unpaired) electrons. The molecule has 0 atom stereocenters. The molecule has 0 unspecified atom stereocenters. The first-order chi connectivity index (χ1) is 10.1. The standard InChI is InChI=1S/C16H17NO4/c18-8-7-16(5-6-16)10-17-15(20)14-9-12(19)11-3-1-2-4-13(11)21-14/h1-4,9,18H,5-8,10H2,(H,17,20). The van der Waals surface area contributed by atoms with Crippen molar-refractivity contribution in [1.29, 1.82) is 0 Å². The van der Waals surface area contributed by atoms with Crippen molar-refractivity contribution in [2.24, 2.45) is 5.41 Å². The molecule has 5 nitrogen and oxygen atoms in total. The number of amides is 1. The van der Waals surface area contributed by atoms with E-state index in [0.29, 0.717) is 23.9 Å². The van der Waals surface area contributed by atoms with Crippen molar-refractivity contribution in [3.63, 3.8) is 0 Å². The third-order valence-corrected chi connectivity index (χ3v) is 4.08. The van der Waals surface area contributed by atoms with E-state index in [1.807, 2.05) is 0 Å². The van der Waals surface area contributed by atoms with Gasteiger partial charge in [-0.1, -0.05) is 12.1 Å². The third kappa shape index (κ3) is 2.83. The molecule has 1 saturated carbocycles. The number of rotatable bonds is 5. The molecule has 2 aromatic rings.